The highest BCUT2D eigenvalue weighted by molar-refractivity contribution is 6.26. The summed E-state index contributed by atoms with van der Waals surface area (Å²) in [5.74, 6) is 0.971. The number of carbonyl (C=O) groups excluding carboxylic acids is 2. The molecule has 0 saturated heterocycles. The normalized spacial score (nSPS) is 25.9. The van der Waals surface area contributed by atoms with Crippen molar-refractivity contribution in [3.63, 3.8) is 0 Å². The van der Waals surface area contributed by atoms with Crippen LogP contribution >= 0.6 is 0 Å². The molecule has 1 fully saturated rings. The van der Waals surface area contributed by atoms with Gasteiger partial charge in [-0.05, 0) is 236 Å². The molecule has 0 aromatic rings. The fraction of sp³-hybridized carbons (Fsp3) is 0.441. The van der Waals surface area contributed by atoms with Gasteiger partial charge >= 0.3 is 0 Å². The minimum atomic E-state index is -0.202. The summed E-state index contributed by atoms with van der Waals surface area (Å²) >= 11 is 0. The molecule has 416 valence electrons. The quantitative estimate of drug-likeness (QED) is 0.151. The molecule has 9 rings (SSSR count). The van der Waals surface area contributed by atoms with Gasteiger partial charge in [0.2, 0.25) is 11.8 Å². The van der Waals surface area contributed by atoms with E-state index in [9.17, 15) is 9.59 Å². The number of carbonyl (C=O) groups is 2. The maximum atomic E-state index is 12.5. The average Bonchev–Trinajstić information content (AvgIpc) is 4.33. The Bertz CT molecular complexity index is 3320. The van der Waals surface area contributed by atoms with Crippen LogP contribution in [0.3, 0.4) is 0 Å². The van der Waals surface area contributed by atoms with E-state index in [-0.39, 0.29) is 24.0 Å². The molecule has 1 aliphatic carbocycles. The van der Waals surface area contributed by atoms with Crippen LogP contribution in [-0.4, -0.2) is 70.1 Å². The molecule has 0 aromatic carbocycles. The summed E-state index contributed by atoms with van der Waals surface area (Å²) in [6.45, 7) is 33.6. The Morgan fingerprint density at radius 1 is 0.312 bits per heavy atom. The monoisotopic (exact) mass is 1070 g/mol. The van der Waals surface area contributed by atoms with Crippen molar-refractivity contribution in [2.45, 2.75) is 200 Å². The van der Waals surface area contributed by atoms with Crippen LogP contribution in [0.15, 0.2) is 200 Å². The van der Waals surface area contributed by atoms with Gasteiger partial charge in [0.1, 0.15) is 12.2 Å². The Hall–Kier alpha value is -7.34. The maximum absolute atomic E-state index is 12.5. The zero-order valence-electron chi connectivity index (χ0n) is 50.3. The molecule has 0 aromatic heterocycles. The summed E-state index contributed by atoms with van der Waals surface area (Å²) in [6.07, 6.45) is 22.2. The topological polar surface area (TPSA) is 151 Å². The van der Waals surface area contributed by atoms with E-state index >= 15 is 0 Å². The molecular weight excluding hydrogens is 993 g/mol. The van der Waals surface area contributed by atoms with Gasteiger partial charge in [-0.1, -0.05) is 55.4 Å². The third-order valence-electron chi connectivity index (χ3n) is 17.4. The van der Waals surface area contributed by atoms with Crippen LogP contribution in [0, 0.1) is 0 Å². The molecular formula is C68H80N8O4. The van der Waals surface area contributed by atoms with E-state index in [1.807, 2.05) is 26.0 Å². The highest BCUT2D eigenvalue weighted by atomic mass is 16.6. The van der Waals surface area contributed by atoms with Gasteiger partial charge in [0, 0.05) is 22.3 Å². The molecule has 0 spiro atoms. The van der Waals surface area contributed by atoms with Crippen molar-refractivity contribution in [2.24, 2.45) is 39.9 Å². The van der Waals surface area contributed by atoms with Crippen molar-refractivity contribution in [1.82, 2.24) is 0 Å². The second kappa shape index (κ2) is 23.8. The van der Waals surface area contributed by atoms with Crippen molar-refractivity contribution < 1.29 is 19.1 Å². The SMILES string of the molecule is CCC1=C(C)C(=O)N=C1/C=C1N=C(/C=C2N=C(/C=C3\N=C(O[C@H]4CCCC[C@@H]4OC4=N/C(=C/C5=NC(=C/C6=NC(=C/C7=NC(=O)C(C)=C7CC)/C(C)=C6CC)/C(CC)=C5C)C(CC)=C4C)C(C)=C3CC)C(C)=C/2CC)C(CC)=C/1C. The van der Waals surface area contributed by atoms with Crippen LogP contribution in [-0.2, 0) is 19.1 Å². The molecule has 12 heteroatoms. The van der Waals surface area contributed by atoms with Gasteiger partial charge in [0.15, 0.2) is 0 Å². The summed E-state index contributed by atoms with van der Waals surface area (Å²) in [4.78, 5) is 65.0. The van der Waals surface area contributed by atoms with Gasteiger partial charge in [-0.15, -0.1) is 0 Å². The maximum Gasteiger partial charge on any atom is 0.273 e. The van der Waals surface area contributed by atoms with E-state index in [1.54, 1.807) is 0 Å². The van der Waals surface area contributed by atoms with Crippen molar-refractivity contribution >= 4 is 57.9 Å². The van der Waals surface area contributed by atoms with Crippen LogP contribution in [0.5, 0.6) is 0 Å². The zero-order valence-corrected chi connectivity index (χ0v) is 50.3. The van der Waals surface area contributed by atoms with Crippen LogP contribution < -0.4 is 0 Å². The summed E-state index contributed by atoms with van der Waals surface area (Å²) in [5, 5.41) is 0. The molecule has 0 radical (unpaired) electrons. The number of nitrogens with zero attached hydrogens (tertiary/aromatic N) is 8. The molecule has 1 saturated carbocycles. The van der Waals surface area contributed by atoms with Gasteiger partial charge in [-0.3, -0.25) is 9.59 Å². The van der Waals surface area contributed by atoms with Crippen molar-refractivity contribution in [1.29, 1.82) is 0 Å². The summed E-state index contributed by atoms with van der Waals surface area (Å²) in [7, 11) is 0. The molecule has 2 atom stereocenters. The van der Waals surface area contributed by atoms with E-state index in [0.717, 1.165) is 190 Å². The first-order chi connectivity index (χ1) is 38.4. The molecule has 8 aliphatic heterocycles. The molecule has 8 heterocycles. The van der Waals surface area contributed by atoms with E-state index in [2.05, 4.69) is 131 Å². The van der Waals surface area contributed by atoms with Gasteiger partial charge in [-0.25, -0.2) is 39.9 Å². The van der Waals surface area contributed by atoms with Crippen LogP contribution in [0.4, 0.5) is 0 Å². The van der Waals surface area contributed by atoms with Crippen LogP contribution in [0.25, 0.3) is 0 Å². The zero-order chi connectivity index (χ0) is 57.4. The van der Waals surface area contributed by atoms with Crippen LogP contribution in [0.2, 0.25) is 0 Å². The largest absolute Gasteiger partial charge is 0.470 e. The number of hydrogen-bond acceptors (Lipinski definition) is 10. The fourth-order valence-electron chi connectivity index (χ4n) is 12.6. The third kappa shape index (κ3) is 10.6. The first-order valence-electron chi connectivity index (χ1n) is 29.5. The Balaban J connectivity index is 0.951. The Kier molecular flexibility index (Phi) is 17.0. The predicted octanol–water partition coefficient (Wildman–Crippen LogP) is 16.1. The Morgan fingerprint density at radius 2 is 0.575 bits per heavy atom. The fourth-order valence-corrected chi connectivity index (χ4v) is 12.6. The van der Waals surface area contributed by atoms with Gasteiger partial charge < -0.3 is 9.47 Å². The van der Waals surface area contributed by atoms with E-state index in [1.165, 1.54) is 22.3 Å². The van der Waals surface area contributed by atoms with Gasteiger partial charge in [0.05, 0.1) is 68.5 Å². The lowest BCUT2D eigenvalue weighted by atomic mass is 9.94. The van der Waals surface area contributed by atoms with Crippen LogP contribution in [0.1, 0.15) is 188 Å². The minimum Gasteiger partial charge on any atom is -0.470 e. The van der Waals surface area contributed by atoms with E-state index in [0.29, 0.717) is 34.4 Å². The standard InChI is InChI=1S/C68H80N8O4/c1-17-43-35(9)51(29-59-47(21-5)39(13)65(77)73-59)69-55(43)33-57-45(19-3)37(11)53(71-57)31-61-49(23-7)41(15)67(75-61)79-63-27-25-26-28-64(63)80-68-42(16)50(24-8)62(76-68)32-54-38(12)46(20-4)58(72-54)34-56-44(18-2)36(10)52(70-56)30-60-48(22-6)40(14)66(78)74-60/h29-34,63-64H,17-28H2,1-16H3/b51-29+,52-30+,57-33+,58-34+,61-31-,62-32+/t63-,64-/m0/s1. The van der Waals surface area contributed by atoms with Crippen molar-refractivity contribution in [3.8, 4) is 0 Å². The van der Waals surface area contributed by atoms with E-state index < -0.39 is 0 Å². The summed E-state index contributed by atoms with van der Waals surface area (Å²) in [6, 6.07) is 0. The van der Waals surface area contributed by atoms with Gasteiger partial charge in [-0.2, -0.15) is 0 Å². The second-order valence-electron chi connectivity index (χ2n) is 21.9. The molecule has 80 heavy (non-hydrogen) atoms. The first-order valence-corrected chi connectivity index (χ1v) is 29.5. The molecule has 0 N–H and O–H groups in total. The lowest BCUT2D eigenvalue weighted by Crippen LogP contribution is -2.37. The Labute approximate surface area is 474 Å². The molecule has 9 aliphatic rings. The highest BCUT2D eigenvalue weighted by Gasteiger charge is 2.36. The predicted molar refractivity (Wildman–Crippen MR) is 330 cm³/mol. The number of ether oxygens (including phenoxy) is 2. The van der Waals surface area contributed by atoms with E-state index in [4.69, 9.17) is 39.4 Å². The number of hydrogen-bond donors (Lipinski definition) is 0. The lowest BCUT2D eigenvalue weighted by molar-refractivity contribution is -0.114. The minimum absolute atomic E-state index is 0.163. The molecule has 2 amide bonds. The smallest absolute Gasteiger partial charge is 0.273 e. The first kappa shape index (κ1) is 57.3. The number of allylic oxidation sites excluding steroid dienone is 18. The van der Waals surface area contributed by atoms with Crippen molar-refractivity contribution in [3.05, 3.63) is 160 Å². The molecule has 0 bridgehead atoms. The molecule has 0 unspecified atom stereocenters. The number of rotatable bonds is 16. The third-order valence-corrected chi connectivity index (χ3v) is 17.4. The van der Waals surface area contributed by atoms with Gasteiger partial charge in [0.25, 0.3) is 11.8 Å². The number of amides is 2. The Morgan fingerprint density at radius 3 is 0.912 bits per heavy atom. The second-order valence-corrected chi connectivity index (χ2v) is 21.9. The average molecular weight is 1070 g/mol. The van der Waals surface area contributed by atoms with Crippen molar-refractivity contribution in [2.75, 3.05) is 0 Å². The highest BCUT2D eigenvalue weighted by Crippen LogP contribution is 2.40. The number of aliphatic imine (C=N–C) groups is 8. The summed E-state index contributed by atoms with van der Waals surface area (Å²) in [5.41, 5.74) is 27.3. The summed E-state index contributed by atoms with van der Waals surface area (Å²) < 4.78 is 13.9. The lowest BCUT2D eigenvalue weighted by Gasteiger charge is -2.32. The molecule has 12 nitrogen and oxygen atoms in total.